The molecule has 0 spiro atoms. The highest BCUT2D eigenvalue weighted by Gasteiger charge is 2.19. The molecule has 5 nitrogen and oxygen atoms in total. The summed E-state index contributed by atoms with van der Waals surface area (Å²) in [6.07, 6.45) is 10.6. The number of hydrogen-bond donors (Lipinski definition) is 1. The van der Waals surface area contributed by atoms with Gasteiger partial charge in [-0.2, -0.15) is 9.78 Å². The van der Waals surface area contributed by atoms with Crippen molar-refractivity contribution in [2.45, 2.75) is 39.0 Å². The second-order valence-electron chi connectivity index (χ2n) is 6.97. The van der Waals surface area contributed by atoms with E-state index in [9.17, 15) is 4.79 Å². The van der Waals surface area contributed by atoms with Crippen LogP contribution in [0.4, 0.5) is 0 Å². The van der Waals surface area contributed by atoms with Crippen LogP contribution in [0.1, 0.15) is 41.3 Å². The first kappa shape index (κ1) is 16.4. The number of benzene rings is 1. The van der Waals surface area contributed by atoms with Crippen molar-refractivity contribution in [1.82, 2.24) is 14.6 Å². The number of hydrogen-bond acceptors (Lipinski definition) is 4. The molecule has 3 heterocycles. The van der Waals surface area contributed by atoms with Crippen LogP contribution in [0, 0.1) is 0 Å². The van der Waals surface area contributed by atoms with Crippen molar-refractivity contribution in [3.63, 3.8) is 0 Å². The minimum absolute atomic E-state index is 0.0651. The summed E-state index contributed by atoms with van der Waals surface area (Å²) in [5, 5.41) is 6.32. The van der Waals surface area contributed by atoms with Crippen LogP contribution in [-0.4, -0.2) is 20.9 Å². The van der Waals surface area contributed by atoms with Gasteiger partial charge in [-0.25, -0.2) is 4.98 Å². The summed E-state index contributed by atoms with van der Waals surface area (Å²) >= 11 is 1.66. The zero-order valence-electron chi connectivity index (χ0n) is 15.2. The molecule has 1 aliphatic carbocycles. The first-order valence-corrected chi connectivity index (χ1v) is 10.2. The molecule has 0 radical (unpaired) electrons. The van der Waals surface area contributed by atoms with E-state index < -0.39 is 0 Å². The average molecular weight is 376 g/mol. The molecule has 4 aromatic rings. The van der Waals surface area contributed by atoms with Gasteiger partial charge in [-0.15, -0.1) is 11.3 Å². The molecule has 1 N–H and O–H groups in total. The summed E-state index contributed by atoms with van der Waals surface area (Å²) in [4.78, 5) is 23.0. The Morgan fingerprint density at radius 2 is 2.22 bits per heavy atom. The van der Waals surface area contributed by atoms with E-state index in [1.165, 1.54) is 33.4 Å². The van der Waals surface area contributed by atoms with Gasteiger partial charge < -0.3 is 4.98 Å². The fourth-order valence-corrected chi connectivity index (χ4v) is 5.20. The molecular formula is C21H20N4OS. The zero-order chi connectivity index (χ0) is 18.4. The summed E-state index contributed by atoms with van der Waals surface area (Å²) in [7, 11) is 0. The first-order chi connectivity index (χ1) is 13.3. The molecule has 0 fully saturated rings. The van der Waals surface area contributed by atoms with Crippen molar-refractivity contribution >= 4 is 38.7 Å². The van der Waals surface area contributed by atoms with E-state index >= 15 is 0 Å². The number of aromatic nitrogens is 3. The molecule has 0 amide bonds. The van der Waals surface area contributed by atoms with Gasteiger partial charge in [0, 0.05) is 27.5 Å². The van der Waals surface area contributed by atoms with Gasteiger partial charge in [-0.1, -0.05) is 25.1 Å². The number of aromatic amines is 1. The molecule has 1 aliphatic rings. The lowest BCUT2D eigenvalue weighted by Crippen LogP contribution is -2.18. The molecule has 27 heavy (non-hydrogen) atoms. The Labute approximate surface area is 160 Å². The van der Waals surface area contributed by atoms with Crippen LogP contribution < -0.4 is 5.56 Å². The maximum absolute atomic E-state index is 13.0. The highest BCUT2D eigenvalue weighted by Crippen LogP contribution is 2.33. The molecule has 0 unspecified atom stereocenters. The summed E-state index contributed by atoms with van der Waals surface area (Å²) in [6.45, 7) is 2.14. The molecule has 0 atom stereocenters. The van der Waals surface area contributed by atoms with Gasteiger partial charge in [0.05, 0.1) is 11.6 Å². The normalized spacial score (nSPS) is 14.4. The standard InChI is InChI=1S/C21H20N4OS/c1-2-13-6-5-8-15-14(10-22-19(13)15)11-24-25-12-23-20-18(21(25)26)16-7-3-4-9-17(16)27-20/h5-6,8,10-12,22H,2-4,7,9H2,1H3/b24-11+. The van der Waals surface area contributed by atoms with Crippen molar-refractivity contribution in [3.05, 3.63) is 62.6 Å². The van der Waals surface area contributed by atoms with Crippen LogP contribution in [0.25, 0.3) is 21.1 Å². The van der Waals surface area contributed by atoms with Gasteiger partial charge >= 0.3 is 0 Å². The van der Waals surface area contributed by atoms with Gasteiger partial charge in [0.1, 0.15) is 11.2 Å². The second kappa shape index (κ2) is 6.46. The molecule has 136 valence electrons. The molecule has 0 bridgehead atoms. The topological polar surface area (TPSA) is 63.0 Å². The van der Waals surface area contributed by atoms with E-state index in [2.05, 4.69) is 40.2 Å². The van der Waals surface area contributed by atoms with Gasteiger partial charge in [0.15, 0.2) is 0 Å². The molecule has 5 rings (SSSR count). The highest BCUT2D eigenvalue weighted by atomic mass is 32.1. The van der Waals surface area contributed by atoms with Crippen LogP contribution in [0.5, 0.6) is 0 Å². The minimum Gasteiger partial charge on any atom is -0.360 e. The maximum atomic E-state index is 13.0. The maximum Gasteiger partial charge on any atom is 0.282 e. The molecule has 3 aromatic heterocycles. The lowest BCUT2D eigenvalue weighted by atomic mass is 9.97. The second-order valence-corrected chi connectivity index (χ2v) is 8.05. The third-order valence-electron chi connectivity index (χ3n) is 5.39. The van der Waals surface area contributed by atoms with Gasteiger partial charge in [0.2, 0.25) is 0 Å². The first-order valence-electron chi connectivity index (χ1n) is 9.41. The van der Waals surface area contributed by atoms with Crippen LogP contribution in [-0.2, 0) is 19.3 Å². The Hall–Kier alpha value is -2.73. The number of aryl methyl sites for hydroxylation is 3. The summed E-state index contributed by atoms with van der Waals surface area (Å²) in [5.41, 5.74) is 4.51. The Balaban J connectivity index is 1.59. The number of rotatable bonds is 3. The molecule has 1 aromatic carbocycles. The van der Waals surface area contributed by atoms with E-state index in [-0.39, 0.29) is 5.56 Å². The Kier molecular flexibility index (Phi) is 3.93. The largest absolute Gasteiger partial charge is 0.360 e. The van der Waals surface area contributed by atoms with Crippen molar-refractivity contribution in [2.75, 3.05) is 0 Å². The third kappa shape index (κ3) is 2.63. The van der Waals surface area contributed by atoms with Gasteiger partial charge in [-0.05, 0) is 43.2 Å². The quantitative estimate of drug-likeness (QED) is 0.543. The number of nitrogens with one attached hydrogen (secondary N) is 1. The van der Waals surface area contributed by atoms with E-state index in [4.69, 9.17) is 0 Å². The molecule has 0 saturated heterocycles. The predicted octanol–water partition coefficient (Wildman–Crippen LogP) is 4.26. The highest BCUT2D eigenvalue weighted by molar-refractivity contribution is 7.18. The van der Waals surface area contributed by atoms with Crippen LogP contribution >= 0.6 is 11.3 Å². The minimum atomic E-state index is -0.0651. The van der Waals surface area contributed by atoms with E-state index in [0.29, 0.717) is 0 Å². The summed E-state index contributed by atoms with van der Waals surface area (Å²) in [5.74, 6) is 0. The predicted molar refractivity (Wildman–Crippen MR) is 111 cm³/mol. The van der Waals surface area contributed by atoms with Crippen molar-refractivity contribution in [1.29, 1.82) is 0 Å². The third-order valence-corrected chi connectivity index (χ3v) is 6.59. The van der Waals surface area contributed by atoms with E-state index in [1.54, 1.807) is 17.6 Å². The fourth-order valence-electron chi connectivity index (χ4n) is 3.98. The van der Waals surface area contributed by atoms with Crippen LogP contribution in [0.2, 0.25) is 0 Å². The summed E-state index contributed by atoms with van der Waals surface area (Å²) in [6, 6.07) is 6.26. The molecular weight excluding hydrogens is 356 g/mol. The van der Waals surface area contributed by atoms with Crippen LogP contribution in [0.15, 0.2) is 40.6 Å². The van der Waals surface area contributed by atoms with Crippen molar-refractivity contribution < 1.29 is 0 Å². The molecule has 6 heteroatoms. The van der Waals surface area contributed by atoms with Crippen LogP contribution in [0.3, 0.4) is 0 Å². The van der Waals surface area contributed by atoms with E-state index in [0.717, 1.165) is 52.4 Å². The molecule has 0 saturated carbocycles. The lowest BCUT2D eigenvalue weighted by molar-refractivity contribution is 0.699. The fraction of sp³-hybridized carbons (Fsp3) is 0.286. The van der Waals surface area contributed by atoms with Crippen molar-refractivity contribution in [2.24, 2.45) is 5.10 Å². The number of H-pyrrole nitrogens is 1. The van der Waals surface area contributed by atoms with E-state index in [1.807, 2.05) is 6.20 Å². The molecule has 0 aliphatic heterocycles. The Morgan fingerprint density at radius 1 is 1.33 bits per heavy atom. The number of fused-ring (bicyclic) bond motifs is 4. The average Bonchev–Trinajstić information content (AvgIpc) is 3.29. The SMILES string of the molecule is CCc1cccc2c(/C=N/n3cnc4sc5c(c4c3=O)CCCC5)c[nH]c12. The lowest BCUT2D eigenvalue weighted by Gasteiger charge is -2.09. The monoisotopic (exact) mass is 376 g/mol. The van der Waals surface area contributed by atoms with Gasteiger partial charge in [0.25, 0.3) is 5.56 Å². The Morgan fingerprint density at radius 3 is 3.11 bits per heavy atom. The number of para-hydroxylation sites is 1. The van der Waals surface area contributed by atoms with Gasteiger partial charge in [-0.3, -0.25) is 4.79 Å². The number of thiophene rings is 1. The summed E-state index contributed by atoms with van der Waals surface area (Å²) < 4.78 is 1.37. The smallest absolute Gasteiger partial charge is 0.282 e. The Bertz CT molecular complexity index is 1240. The number of nitrogens with zero attached hydrogens (tertiary/aromatic N) is 3. The van der Waals surface area contributed by atoms with Crippen molar-refractivity contribution in [3.8, 4) is 0 Å². The zero-order valence-corrected chi connectivity index (χ0v) is 16.0.